The molecule has 0 aliphatic heterocycles. The van der Waals surface area contributed by atoms with Crippen LogP contribution in [0.4, 0.5) is 0 Å². The second-order valence-electron chi connectivity index (χ2n) is 2.68. The van der Waals surface area contributed by atoms with E-state index in [9.17, 15) is 0 Å². The number of H-pyrrole nitrogens is 1. The Morgan fingerprint density at radius 2 is 2.00 bits per heavy atom. The van der Waals surface area contributed by atoms with Gasteiger partial charge in [-0.25, -0.2) is 0 Å². The molecule has 0 fully saturated rings. The first kappa shape index (κ1) is 9.45. The molecule has 0 radical (unpaired) electrons. The predicted molar refractivity (Wildman–Crippen MR) is 47.1 cm³/mol. The van der Waals surface area contributed by atoms with Crippen LogP contribution in [0.5, 0.6) is 0 Å². The summed E-state index contributed by atoms with van der Waals surface area (Å²) in [4.78, 5) is 0. The standard InChI is InChI=1S/C7H13ClN4/c8-6-4-2-1-3-5-7-9-11-12-10-7/h1-6H2,(H,9,10,11,12). The van der Waals surface area contributed by atoms with E-state index in [0.29, 0.717) is 0 Å². The number of hydrogen-bond donors (Lipinski definition) is 1. The van der Waals surface area contributed by atoms with Gasteiger partial charge in [-0.15, -0.1) is 21.8 Å². The number of unbranched alkanes of at least 4 members (excludes halogenated alkanes) is 3. The lowest BCUT2D eigenvalue weighted by Crippen LogP contribution is -1.89. The normalized spacial score (nSPS) is 10.4. The van der Waals surface area contributed by atoms with E-state index in [4.69, 9.17) is 11.6 Å². The Hall–Kier alpha value is -0.640. The Morgan fingerprint density at radius 1 is 1.17 bits per heavy atom. The highest BCUT2D eigenvalue weighted by Gasteiger charge is 1.96. The molecule has 4 nitrogen and oxygen atoms in total. The zero-order valence-electron chi connectivity index (χ0n) is 6.96. The molecule has 1 N–H and O–H groups in total. The van der Waals surface area contributed by atoms with Crippen molar-refractivity contribution in [2.75, 3.05) is 5.88 Å². The number of aromatic nitrogens is 4. The average Bonchev–Trinajstić information content (AvgIpc) is 2.57. The van der Waals surface area contributed by atoms with Gasteiger partial charge < -0.3 is 0 Å². The van der Waals surface area contributed by atoms with Gasteiger partial charge in [-0.3, -0.25) is 0 Å². The Labute approximate surface area is 76.7 Å². The fraction of sp³-hybridized carbons (Fsp3) is 0.857. The smallest absolute Gasteiger partial charge is 0.174 e. The topological polar surface area (TPSA) is 54.5 Å². The number of alkyl halides is 1. The quantitative estimate of drug-likeness (QED) is 0.544. The molecule has 0 saturated carbocycles. The molecule has 68 valence electrons. The van der Waals surface area contributed by atoms with Gasteiger partial charge in [-0.05, 0) is 12.8 Å². The monoisotopic (exact) mass is 188 g/mol. The maximum Gasteiger partial charge on any atom is 0.174 e. The average molecular weight is 189 g/mol. The Morgan fingerprint density at radius 3 is 2.67 bits per heavy atom. The van der Waals surface area contributed by atoms with E-state index in [1.807, 2.05) is 0 Å². The van der Waals surface area contributed by atoms with E-state index < -0.39 is 0 Å². The summed E-state index contributed by atoms with van der Waals surface area (Å²) in [6, 6.07) is 0. The summed E-state index contributed by atoms with van der Waals surface area (Å²) in [6.07, 6.45) is 5.53. The molecule has 0 atom stereocenters. The number of halogens is 1. The fourth-order valence-electron chi connectivity index (χ4n) is 1.02. The predicted octanol–water partition coefficient (Wildman–Crippen LogP) is 1.54. The summed E-state index contributed by atoms with van der Waals surface area (Å²) < 4.78 is 0. The second-order valence-corrected chi connectivity index (χ2v) is 3.06. The van der Waals surface area contributed by atoms with E-state index in [1.165, 1.54) is 12.8 Å². The van der Waals surface area contributed by atoms with Gasteiger partial charge in [0.25, 0.3) is 0 Å². The van der Waals surface area contributed by atoms with Crippen LogP contribution in [-0.4, -0.2) is 26.5 Å². The van der Waals surface area contributed by atoms with Gasteiger partial charge in [0, 0.05) is 12.3 Å². The summed E-state index contributed by atoms with van der Waals surface area (Å²) in [5.41, 5.74) is 0. The van der Waals surface area contributed by atoms with Crippen LogP contribution in [0.25, 0.3) is 0 Å². The summed E-state index contributed by atoms with van der Waals surface area (Å²) in [5.74, 6) is 1.57. The highest BCUT2D eigenvalue weighted by molar-refractivity contribution is 6.17. The van der Waals surface area contributed by atoms with Crippen LogP contribution in [0.3, 0.4) is 0 Å². The third-order valence-electron chi connectivity index (χ3n) is 1.67. The minimum absolute atomic E-state index is 0.766. The maximum atomic E-state index is 5.54. The maximum absolute atomic E-state index is 5.54. The molecule has 0 aliphatic rings. The van der Waals surface area contributed by atoms with E-state index in [0.717, 1.165) is 31.0 Å². The molecule has 0 saturated heterocycles. The van der Waals surface area contributed by atoms with Crippen molar-refractivity contribution in [3.63, 3.8) is 0 Å². The van der Waals surface area contributed by atoms with Crippen LogP contribution in [-0.2, 0) is 6.42 Å². The van der Waals surface area contributed by atoms with Crippen molar-refractivity contribution < 1.29 is 0 Å². The number of nitrogens with one attached hydrogen (secondary N) is 1. The first-order valence-corrected chi connectivity index (χ1v) is 4.75. The van der Waals surface area contributed by atoms with Crippen LogP contribution in [0, 0.1) is 0 Å². The van der Waals surface area contributed by atoms with Crippen LogP contribution >= 0.6 is 11.6 Å². The first-order chi connectivity index (χ1) is 5.93. The van der Waals surface area contributed by atoms with E-state index in [1.54, 1.807) is 0 Å². The van der Waals surface area contributed by atoms with Gasteiger partial charge in [-0.2, -0.15) is 5.21 Å². The number of aromatic amines is 1. The van der Waals surface area contributed by atoms with Crippen LogP contribution in [0.1, 0.15) is 31.5 Å². The molecule has 1 heterocycles. The lowest BCUT2D eigenvalue weighted by molar-refractivity contribution is 0.654. The van der Waals surface area contributed by atoms with Crippen molar-refractivity contribution in [2.24, 2.45) is 0 Å². The Bertz CT molecular complexity index is 187. The molecule has 12 heavy (non-hydrogen) atoms. The molecule has 0 spiro atoms. The SMILES string of the molecule is ClCCCCCCc1nn[nH]n1. The number of aryl methyl sites for hydroxylation is 1. The molecule has 1 aromatic rings. The highest BCUT2D eigenvalue weighted by atomic mass is 35.5. The molecule has 0 bridgehead atoms. The van der Waals surface area contributed by atoms with Gasteiger partial charge in [0.1, 0.15) is 0 Å². The molecule has 0 aliphatic carbocycles. The zero-order valence-corrected chi connectivity index (χ0v) is 7.72. The van der Waals surface area contributed by atoms with E-state index in [2.05, 4.69) is 20.6 Å². The summed E-state index contributed by atoms with van der Waals surface area (Å²) in [7, 11) is 0. The molecule has 0 amide bonds. The summed E-state index contributed by atoms with van der Waals surface area (Å²) >= 11 is 5.54. The number of hydrogen-bond acceptors (Lipinski definition) is 3. The molecule has 1 aromatic heterocycles. The third kappa shape index (κ3) is 3.67. The summed E-state index contributed by atoms with van der Waals surface area (Å²) in [5, 5.41) is 13.6. The molecule has 0 unspecified atom stereocenters. The van der Waals surface area contributed by atoms with Crippen molar-refractivity contribution in [3.05, 3.63) is 5.82 Å². The molecule has 5 heteroatoms. The van der Waals surface area contributed by atoms with Crippen LogP contribution in [0.2, 0.25) is 0 Å². The van der Waals surface area contributed by atoms with Crippen molar-refractivity contribution >= 4 is 11.6 Å². The highest BCUT2D eigenvalue weighted by Crippen LogP contribution is 2.03. The van der Waals surface area contributed by atoms with Crippen molar-refractivity contribution in [3.8, 4) is 0 Å². The van der Waals surface area contributed by atoms with Gasteiger partial charge in [0.2, 0.25) is 0 Å². The van der Waals surface area contributed by atoms with Crippen molar-refractivity contribution in [1.29, 1.82) is 0 Å². The number of nitrogens with zero attached hydrogens (tertiary/aromatic N) is 3. The lowest BCUT2D eigenvalue weighted by Gasteiger charge is -1.95. The number of tetrazole rings is 1. The molecule has 1 rings (SSSR count). The van der Waals surface area contributed by atoms with Crippen molar-refractivity contribution in [1.82, 2.24) is 20.6 Å². The molecular formula is C7H13ClN4. The third-order valence-corrected chi connectivity index (χ3v) is 1.94. The van der Waals surface area contributed by atoms with E-state index in [-0.39, 0.29) is 0 Å². The zero-order chi connectivity index (χ0) is 8.65. The van der Waals surface area contributed by atoms with Gasteiger partial charge in [0.05, 0.1) is 0 Å². The number of rotatable bonds is 6. The van der Waals surface area contributed by atoms with Crippen LogP contribution in [0.15, 0.2) is 0 Å². The Balaban J connectivity index is 1.96. The Kier molecular flexibility index (Phi) is 4.68. The minimum Gasteiger partial charge on any atom is -0.177 e. The fourth-order valence-corrected chi connectivity index (χ4v) is 1.21. The second kappa shape index (κ2) is 5.94. The molecular weight excluding hydrogens is 176 g/mol. The van der Waals surface area contributed by atoms with Gasteiger partial charge >= 0.3 is 0 Å². The minimum atomic E-state index is 0.766. The van der Waals surface area contributed by atoms with Crippen LogP contribution < -0.4 is 0 Å². The first-order valence-electron chi connectivity index (χ1n) is 4.22. The molecule has 0 aromatic carbocycles. The van der Waals surface area contributed by atoms with Crippen molar-refractivity contribution in [2.45, 2.75) is 32.1 Å². The van der Waals surface area contributed by atoms with Gasteiger partial charge in [0.15, 0.2) is 5.82 Å². The lowest BCUT2D eigenvalue weighted by atomic mass is 10.1. The summed E-state index contributed by atoms with van der Waals surface area (Å²) in [6.45, 7) is 0. The van der Waals surface area contributed by atoms with E-state index >= 15 is 0 Å². The van der Waals surface area contributed by atoms with Gasteiger partial charge in [-0.1, -0.05) is 18.1 Å². The largest absolute Gasteiger partial charge is 0.177 e.